The van der Waals surface area contributed by atoms with Crippen molar-refractivity contribution < 1.29 is 28.6 Å². The Hall–Kier alpha value is -2.05. The van der Waals surface area contributed by atoms with Crippen LogP contribution in [0.2, 0.25) is 0 Å². The second-order valence-corrected chi connectivity index (χ2v) is 3.91. The molecule has 0 bridgehead atoms. The highest BCUT2D eigenvalue weighted by molar-refractivity contribution is 5.81. The molecule has 0 aromatic heterocycles. The molecule has 20 heavy (non-hydrogen) atoms. The molecule has 0 aliphatic heterocycles. The van der Waals surface area contributed by atoms with Crippen molar-refractivity contribution in [2.24, 2.45) is 5.92 Å². The Labute approximate surface area is 118 Å². The average molecular weight is 287 g/mol. The molecule has 0 aliphatic carbocycles. The zero-order valence-corrected chi connectivity index (χ0v) is 11.8. The first kappa shape index (κ1) is 17.9. The summed E-state index contributed by atoms with van der Waals surface area (Å²) in [5.41, 5.74) is 0. The van der Waals surface area contributed by atoms with Crippen LogP contribution < -0.4 is 5.32 Å². The fraction of sp³-hybridized carbons (Fsp3) is 0.615. The molecule has 0 aliphatic rings. The van der Waals surface area contributed by atoms with Gasteiger partial charge in [0.1, 0.15) is 19.8 Å². The monoisotopic (exact) mass is 287 g/mol. The molecule has 0 fully saturated rings. The van der Waals surface area contributed by atoms with Gasteiger partial charge in [0.05, 0.1) is 12.5 Å². The summed E-state index contributed by atoms with van der Waals surface area (Å²) in [5.74, 6) is -1.03. The summed E-state index contributed by atoms with van der Waals surface area (Å²) in [6.45, 7) is 7.03. The van der Waals surface area contributed by atoms with Crippen molar-refractivity contribution in [3.05, 3.63) is 12.7 Å². The first-order valence-corrected chi connectivity index (χ1v) is 6.37. The molecule has 0 radical (unpaired) electrons. The predicted octanol–water partition coefficient (Wildman–Crippen LogP) is 1.03. The van der Waals surface area contributed by atoms with Crippen LogP contribution >= 0.6 is 0 Å². The highest BCUT2D eigenvalue weighted by atomic mass is 16.6. The quantitative estimate of drug-likeness (QED) is 0.295. The van der Waals surface area contributed by atoms with E-state index in [0.29, 0.717) is 6.42 Å². The average Bonchev–Trinajstić information content (AvgIpc) is 2.46. The Morgan fingerprint density at radius 1 is 1.15 bits per heavy atom. The Morgan fingerprint density at radius 2 is 1.80 bits per heavy atom. The topological polar surface area (TPSA) is 90.9 Å². The Morgan fingerprint density at radius 3 is 2.40 bits per heavy atom. The Balaban J connectivity index is 3.52. The second-order valence-electron chi connectivity index (χ2n) is 3.91. The second kappa shape index (κ2) is 10.8. The predicted molar refractivity (Wildman–Crippen MR) is 70.9 cm³/mol. The van der Waals surface area contributed by atoms with Gasteiger partial charge in [-0.1, -0.05) is 20.4 Å². The number of ether oxygens (including phenoxy) is 3. The summed E-state index contributed by atoms with van der Waals surface area (Å²) in [5, 5.41) is 2.37. The summed E-state index contributed by atoms with van der Waals surface area (Å²) in [7, 11) is 0. The van der Waals surface area contributed by atoms with Crippen molar-refractivity contribution in [3.8, 4) is 0 Å². The van der Waals surface area contributed by atoms with Crippen LogP contribution in [0, 0.1) is 5.92 Å². The van der Waals surface area contributed by atoms with Crippen LogP contribution in [0.4, 0.5) is 4.79 Å². The summed E-state index contributed by atoms with van der Waals surface area (Å²) >= 11 is 0. The number of rotatable bonds is 9. The van der Waals surface area contributed by atoms with E-state index in [1.807, 2.05) is 6.92 Å². The summed E-state index contributed by atoms with van der Waals surface area (Å²) in [6, 6.07) is 0. The third-order valence-corrected chi connectivity index (χ3v) is 2.36. The molecule has 1 unspecified atom stereocenters. The molecule has 114 valence electrons. The van der Waals surface area contributed by atoms with Crippen LogP contribution in [0.3, 0.4) is 0 Å². The molecule has 0 saturated heterocycles. The van der Waals surface area contributed by atoms with Gasteiger partial charge in [0.15, 0.2) is 0 Å². The van der Waals surface area contributed by atoms with Gasteiger partial charge >= 0.3 is 18.0 Å². The van der Waals surface area contributed by atoms with Crippen LogP contribution in [0.25, 0.3) is 0 Å². The minimum Gasteiger partial charge on any atom is -0.462 e. The van der Waals surface area contributed by atoms with E-state index in [1.54, 1.807) is 6.92 Å². The van der Waals surface area contributed by atoms with Crippen LogP contribution in [-0.4, -0.2) is 44.4 Å². The van der Waals surface area contributed by atoms with E-state index in [1.165, 1.54) is 0 Å². The minimum absolute atomic E-state index is 0.0159. The maximum absolute atomic E-state index is 11.3. The lowest BCUT2D eigenvalue weighted by atomic mass is 10.1. The SMILES string of the molecule is C=CC(=O)OCCNC(=O)OCCOC(=O)C(C)CC. The van der Waals surface area contributed by atoms with Crippen LogP contribution in [0.5, 0.6) is 0 Å². The van der Waals surface area contributed by atoms with Gasteiger partial charge in [0.25, 0.3) is 0 Å². The van der Waals surface area contributed by atoms with Gasteiger partial charge in [-0.05, 0) is 6.42 Å². The highest BCUT2D eigenvalue weighted by Gasteiger charge is 2.11. The lowest BCUT2D eigenvalue weighted by Gasteiger charge is -2.10. The first-order valence-electron chi connectivity index (χ1n) is 6.37. The third kappa shape index (κ3) is 8.96. The number of nitrogens with one attached hydrogen (secondary N) is 1. The molecular weight excluding hydrogens is 266 g/mol. The van der Waals surface area contributed by atoms with Crippen molar-refractivity contribution >= 4 is 18.0 Å². The number of carbonyl (C=O) groups excluding carboxylic acids is 3. The maximum atomic E-state index is 11.3. The number of alkyl carbamates (subject to hydrolysis) is 1. The number of carbonyl (C=O) groups is 3. The zero-order valence-electron chi connectivity index (χ0n) is 11.8. The zero-order chi connectivity index (χ0) is 15.4. The molecule has 0 aromatic rings. The van der Waals surface area contributed by atoms with Gasteiger partial charge in [0, 0.05) is 6.08 Å². The standard InChI is InChI=1S/C13H21NO6/c1-4-10(3)12(16)19-8-9-20-13(17)14-6-7-18-11(15)5-2/h5,10H,2,4,6-9H2,1,3H3,(H,14,17). The minimum atomic E-state index is -0.667. The van der Waals surface area contributed by atoms with E-state index in [-0.39, 0.29) is 38.3 Å². The van der Waals surface area contributed by atoms with Gasteiger partial charge in [-0.15, -0.1) is 0 Å². The normalized spacial score (nSPS) is 11.1. The van der Waals surface area contributed by atoms with Crippen molar-refractivity contribution in [2.75, 3.05) is 26.4 Å². The molecule has 7 nitrogen and oxygen atoms in total. The smallest absolute Gasteiger partial charge is 0.407 e. The van der Waals surface area contributed by atoms with Crippen molar-refractivity contribution in [3.63, 3.8) is 0 Å². The largest absolute Gasteiger partial charge is 0.462 e. The molecule has 0 heterocycles. The summed E-state index contributed by atoms with van der Waals surface area (Å²) in [6.07, 6.45) is 1.06. The fourth-order valence-electron chi connectivity index (χ4n) is 1.00. The molecule has 0 saturated carbocycles. The van der Waals surface area contributed by atoms with E-state index < -0.39 is 12.1 Å². The third-order valence-electron chi connectivity index (χ3n) is 2.36. The van der Waals surface area contributed by atoms with Gasteiger partial charge in [-0.2, -0.15) is 0 Å². The van der Waals surface area contributed by atoms with E-state index in [0.717, 1.165) is 6.08 Å². The lowest BCUT2D eigenvalue weighted by molar-refractivity contribution is -0.149. The van der Waals surface area contributed by atoms with Crippen LogP contribution in [0.15, 0.2) is 12.7 Å². The van der Waals surface area contributed by atoms with Crippen molar-refractivity contribution in [1.29, 1.82) is 0 Å². The number of esters is 2. The number of hydrogen-bond donors (Lipinski definition) is 1. The van der Waals surface area contributed by atoms with Crippen molar-refractivity contribution in [1.82, 2.24) is 5.32 Å². The molecule has 1 N–H and O–H groups in total. The van der Waals surface area contributed by atoms with Crippen LogP contribution in [-0.2, 0) is 23.8 Å². The molecule has 7 heteroatoms. The lowest BCUT2D eigenvalue weighted by Crippen LogP contribution is -2.29. The Kier molecular flexibility index (Phi) is 9.72. The van der Waals surface area contributed by atoms with Crippen LogP contribution in [0.1, 0.15) is 20.3 Å². The van der Waals surface area contributed by atoms with E-state index in [4.69, 9.17) is 9.47 Å². The van der Waals surface area contributed by atoms with Gasteiger partial charge in [-0.25, -0.2) is 9.59 Å². The van der Waals surface area contributed by atoms with E-state index in [2.05, 4.69) is 16.6 Å². The summed E-state index contributed by atoms with van der Waals surface area (Å²) < 4.78 is 14.3. The molecule has 0 aromatic carbocycles. The number of amides is 1. The molecular formula is C13H21NO6. The van der Waals surface area contributed by atoms with Gasteiger partial charge in [-0.3, -0.25) is 4.79 Å². The van der Waals surface area contributed by atoms with E-state index >= 15 is 0 Å². The first-order chi connectivity index (χ1) is 9.51. The molecule has 1 atom stereocenters. The molecule has 0 spiro atoms. The molecule has 0 rings (SSSR count). The highest BCUT2D eigenvalue weighted by Crippen LogP contribution is 2.02. The summed E-state index contributed by atoms with van der Waals surface area (Å²) in [4.78, 5) is 33.1. The van der Waals surface area contributed by atoms with Crippen molar-refractivity contribution in [2.45, 2.75) is 20.3 Å². The van der Waals surface area contributed by atoms with E-state index in [9.17, 15) is 14.4 Å². The Bertz CT molecular complexity index is 342. The van der Waals surface area contributed by atoms with Gasteiger partial charge in [0.2, 0.25) is 0 Å². The van der Waals surface area contributed by atoms with Gasteiger partial charge < -0.3 is 19.5 Å². The fourth-order valence-corrected chi connectivity index (χ4v) is 1.00. The number of hydrogen-bond acceptors (Lipinski definition) is 6. The molecule has 1 amide bonds. The maximum Gasteiger partial charge on any atom is 0.407 e.